The molecule has 4 aliphatic rings. The number of benzene rings is 1. The number of hydrogen-bond acceptors (Lipinski definition) is 12. The number of ether oxygens (including phenoxy) is 3. The van der Waals surface area contributed by atoms with E-state index in [9.17, 15) is 24.0 Å². The lowest BCUT2D eigenvalue weighted by Gasteiger charge is -2.47. The van der Waals surface area contributed by atoms with Crippen molar-refractivity contribution in [2.75, 3.05) is 60.1 Å². The minimum atomic E-state index is -1.09. The third kappa shape index (κ3) is 10.4. The van der Waals surface area contributed by atoms with Gasteiger partial charge in [0.15, 0.2) is 0 Å². The molecule has 0 aliphatic carbocycles. The van der Waals surface area contributed by atoms with Crippen molar-refractivity contribution in [3.63, 3.8) is 0 Å². The number of methoxy groups -OCH3 is 1. The maximum Gasteiger partial charge on any atom is 0.324 e. The quantitative estimate of drug-likeness (QED) is 0.145. The predicted octanol–water partition coefficient (Wildman–Crippen LogP) is 6.16. The van der Waals surface area contributed by atoms with E-state index in [-0.39, 0.29) is 37.0 Å². The number of morpholine rings is 1. The van der Waals surface area contributed by atoms with Gasteiger partial charge in [0.2, 0.25) is 11.8 Å². The molecule has 17 nitrogen and oxygen atoms in total. The number of pyridine rings is 1. The van der Waals surface area contributed by atoms with Gasteiger partial charge in [-0.1, -0.05) is 40.3 Å². The Kier molecular flexibility index (Phi) is 15.2. The first-order valence-electron chi connectivity index (χ1n) is 24.7. The zero-order valence-electron chi connectivity index (χ0n) is 41.9. The fourth-order valence-corrected chi connectivity index (χ4v) is 11.5. The van der Waals surface area contributed by atoms with Crippen molar-refractivity contribution in [1.82, 2.24) is 45.0 Å². The van der Waals surface area contributed by atoms with E-state index in [1.54, 1.807) is 30.2 Å². The van der Waals surface area contributed by atoms with Crippen molar-refractivity contribution in [3.05, 3.63) is 70.8 Å². The number of aromatic nitrogens is 3. The highest BCUT2D eigenvalue weighted by atomic mass is 32.1. The van der Waals surface area contributed by atoms with Gasteiger partial charge in [0.25, 0.3) is 5.91 Å². The molecule has 1 spiro atoms. The highest BCUT2D eigenvalue weighted by Gasteiger charge is 2.44. The number of carbonyl (C=O) groups excluding carboxylic acids is 5. The molecule has 3 saturated heterocycles. The predicted molar refractivity (Wildman–Crippen MR) is 267 cm³/mol. The summed E-state index contributed by atoms with van der Waals surface area (Å²) in [5, 5.41) is 8.14. The minimum Gasteiger partial charge on any atom is -0.464 e. The van der Waals surface area contributed by atoms with Crippen LogP contribution in [-0.2, 0) is 52.8 Å². The fraction of sp³-hybridized carbons (Fsp3) is 0.558. The number of nitrogens with zero attached hydrogens (tertiary/aromatic N) is 7. The number of hydrazine groups is 1. The maximum absolute atomic E-state index is 14.7. The Morgan fingerprint density at radius 1 is 1.10 bits per heavy atom. The van der Waals surface area contributed by atoms with Gasteiger partial charge in [-0.15, -0.1) is 11.3 Å². The van der Waals surface area contributed by atoms with Crippen molar-refractivity contribution in [1.29, 1.82) is 0 Å². The molecule has 2 N–H and O–H groups in total. The molecule has 18 heteroatoms. The van der Waals surface area contributed by atoms with E-state index in [4.69, 9.17) is 24.2 Å². The highest BCUT2D eigenvalue weighted by molar-refractivity contribution is 7.10. The first-order chi connectivity index (χ1) is 33.5. The Morgan fingerprint density at radius 3 is 2.59 bits per heavy atom. The number of carbonyl (C=O) groups is 5. The van der Waals surface area contributed by atoms with Crippen molar-refractivity contribution < 1.29 is 38.2 Å². The Hall–Kier alpha value is -5.69. The van der Waals surface area contributed by atoms with Gasteiger partial charge >= 0.3 is 12.0 Å². The molecule has 0 saturated carbocycles. The Labute approximate surface area is 414 Å². The van der Waals surface area contributed by atoms with Crippen LogP contribution in [0.1, 0.15) is 89.6 Å². The summed E-state index contributed by atoms with van der Waals surface area (Å²) in [5.74, 6) is -1.82. The summed E-state index contributed by atoms with van der Waals surface area (Å²) in [7, 11) is 3.31. The van der Waals surface area contributed by atoms with Crippen LogP contribution in [0, 0.1) is 11.3 Å². The Balaban J connectivity index is 1.10. The number of thiazole rings is 1. The minimum absolute atomic E-state index is 0.0735. The van der Waals surface area contributed by atoms with E-state index in [0.717, 1.165) is 44.7 Å². The molecule has 70 heavy (non-hydrogen) atoms. The number of rotatable bonds is 9. The summed E-state index contributed by atoms with van der Waals surface area (Å²) < 4.78 is 20.5. The van der Waals surface area contributed by atoms with Crippen LogP contribution in [-0.4, -0.2) is 148 Å². The first-order valence-corrected chi connectivity index (χ1v) is 25.5. The lowest BCUT2D eigenvalue weighted by molar-refractivity contribution is -0.155. The molecule has 4 atom stereocenters. The molecular weight excluding hydrogens is 911 g/mol. The van der Waals surface area contributed by atoms with Gasteiger partial charge in [0.1, 0.15) is 18.1 Å². The monoisotopic (exact) mass is 979 g/mol. The molecule has 0 unspecified atom stereocenters. The number of nitrogens with one attached hydrogen (secondary N) is 2. The molecule has 8 rings (SSSR count). The van der Waals surface area contributed by atoms with Crippen LogP contribution in [0.25, 0.3) is 33.4 Å². The number of piperidine rings is 1. The third-order valence-corrected chi connectivity index (χ3v) is 15.3. The molecule has 4 aromatic rings. The van der Waals surface area contributed by atoms with E-state index in [2.05, 4.69) is 66.9 Å². The zero-order valence-corrected chi connectivity index (χ0v) is 42.7. The number of fused-ring (bicyclic) bond motifs is 6. The summed E-state index contributed by atoms with van der Waals surface area (Å²) >= 11 is 1.41. The molecule has 6 bridgehead atoms. The summed E-state index contributed by atoms with van der Waals surface area (Å²) in [6, 6.07) is 7.30. The van der Waals surface area contributed by atoms with Crippen LogP contribution in [0.5, 0.6) is 0 Å². The third-order valence-electron chi connectivity index (χ3n) is 14.5. The second-order valence-corrected chi connectivity index (χ2v) is 21.3. The van der Waals surface area contributed by atoms with Gasteiger partial charge in [-0.25, -0.2) is 15.2 Å². The molecule has 5 amide bonds. The van der Waals surface area contributed by atoms with Crippen LogP contribution >= 0.6 is 11.3 Å². The average molecular weight is 980 g/mol. The van der Waals surface area contributed by atoms with E-state index in [1.807, 2.05) is 32.2 Å². The van der Waals surface area contributed by atoms with Gasteiger partial charge in [0.05, 0.1) is 53.6 Å². The molecular formula is C52H69N9O8S. The topological polar surface area (TPSA) is 181 Å². The molecule has 3 aromatic heterocycles. The molecule has 4 aliphatic heterocycles. The second kappa shape index (κ2) is 21.0. The molecule has 7 heterocycles. The SMILES string of the molecule is C=CC(=O)N1CCOC2(CCN(C(=O)N(C)[C@H](C(=O)N[C@H]3Cc4nc(cs4)-c4ccc5c(c4)c(c(-c4cccnc4[C@H](C)OC)n5CC)CC(C)(C)COC(=O)[C@@H]4CCCN(N4)C3=O)C(C)C)CC2)C1. The lowest BCUT2D eigenvalue weighted by Crippen LogP contribution is -2.63. The fourth-order valence-electron chi connectivity index (χ4n) is 10.7. The van der Waals surface area contributed by atoms with E-state index < -0.39 is 46.9 Å². The molecule has 1 aromatic carbocycles. The summed E-state index contributed by atoms with van der Waals surface area (Å²) in [4.78, 5) is 84.8. The molecule has 3 fully saturated rings. The van der Waals surface area contributed by atoms with Crippen molar-refractivity contribution in [2.45, 2.75) is 116 Å². The number of amides is 5. The smallest absolute Gasteiger partial charge is 0.324 e. The van der Waals surface area contributed by atoms with Crippen molar-refractivity contribution >= 4 is 52.0 Å². The number of esters is 1. The Bertz CT molecular complexity index is 2620. The van der Waals surface area contributed by atoms with Crippen molar-refractivity contribution in [3.8, 4) is 22.5 Å². The van der Waals surface area contributed by atoms with Gasteiger partial charge < -0.3 is 38.8 Å². The summed E-state index contributed by atoms with van der Waals surface area (Å²) in [5.41, 5.74) is 8.71. The van der Waals surface area contributed by atoms with Gasteiger partial charge in [-0.2, -0.15) is 0 Å². The number of likely N-dealkylation sites (N-methyl/N-ethyl adjacent to an activating group) is 1. The van der Waals surface area contributed by atoms with Crippen LogP contribution < -0.4 is 10.7 Å². The summed E-state index contributed by atoms with van der Waals surface area (Å²) in [6.07, 6.45) is 5.57. The van der Waals surface area contributed by atoms with E-state index in [0.29, 0.717) is 83.0 Å². The number of hydrogen-bond donors (Lipinski definition) is 2. The van der Waals surface area contributed by atoms with Gasteiger partial charge in [0, 0.05) is 92.3 Å². The standard InChI is InChI=1S/C52H69N9O8S/c1-10-43(62)59-24-25-69-52(30-59)18-22-58(23-19-52)50(66)57(8)45(32(3)4)47(63)55-39-27-42-54-40(29-70-42)34-16-17-41-36(26-34)37(46(60(41)11-2)35-14-12-20-53-44(35)33(5)67-9)28-51(6,7)31-68-49(65)38-15-13-21-61(56-38)48(39)64/h10,12,14,16-17,20,26,29,32-33,38-39,45,56H,1,11,13,15,18-19,21-25,27-28,30-31H2,2-9H3,(H,55,63)/t33-,38-,39-,45-/m0/s1. The van der Waals surface area contributed by atoms with Crippen LogP contribution in [0.2, 0.25) is 0 Å². The van der Waals surface area contributed by atoms with Crippen LogP contribution in [0.3, 0.4) is 0 Å². The van der Waals surface area contributed by atoms with Crippen LogP contribution in [0.4, 0.5) is 4.79 Å². The van der Waals surface area contributed by atoms with E-state index >= 15 is 0 Å². The number of aryl methyl sites for hydroxylation is 1. The van der Waals surface area contributed by atoms with E-state index in [1.165, 1.54) is 27.3 Å². The van der Waals surface area contributed by atoms with Gasteiger partial charge in [-0.3, -0.25) is 29.2 Å². The number of likely N-dealkylation sites (tertiary alicyclic amines) is 1. The number of urea groups is 1. The van der Waals surface area contributed by atoms with Crippen molar-refractivity contribution in [2.24, 2.45) is 11.3 Å². The van der Waals surface area contributed by atoms with Gasteiger partial charge in [-0.05, 0) is 87.8 Å². The second-order valence-electron chi connectivity index (χ2n) is 20.3. The maximum atomic E-state index is 14.7. The van der Waals surface area contributed by atoms with Crippen LogP contribution in [0.15, 0.2) is 54.6 Å². The Morgan fingerprint density at radius 2 is 1.87 bits per heavy atom. The molecule has 376 valence electrons. The number of cyclic esters (lactones) is 1. The lowest BCUT2D eigenvalue weighted by atomic mass is 9.84. The zero-order chi connectivity index (χ0) is 50.1. The molecule has 0 radical (unpaired) electrons. The summed E-state index contributed by atoms with van der Waals surface area (Å²) in [6.45, 7) is 18.9. The average Bonchev–Trinajstić information content (AvgIpc) is 3.95. The first kappa shape index (κ1) is 50.7. The normalized spacial score (nSPS) is 21.5. The highest BCUT2D eigenvalue weighted by Crippen LogP contribution is 2.42. The largest absolute Gasteiger partial charge is 0.464 e.